The summed E-state index contributed by atoms with van der Waals surface area (Å²) in [5.41, 5.74) is 4.30. The number of fused-ring (bicyclic) bond motifs is 2. The zero-order valence-electron chi connectivity index (χ0n) is 17.9. The Morgan fingerprint density at radius 2 is 1.85 bits per heavy atom. The molecule has 0 aliphatic carbocycles. The van der Waals surface area contributed by atoms with Gasteiger partial charge in [0.25, 0.3) is 0 Å². The van der Waals surface area contributed by atoms with Gasteiger partial charge in [-0.15, -0.1) is 0 Å². The Morgan fingerprint density at radius 1 is 1.03 bits per heavy atom. The number of hydrogen-bond donors (Lipinski definition) is 2. The average Bonchev–Trinajstić information content (AvgIpc) is 3.52. The van der Waals surface area contributed by atoms with Crippen LogP contribution >= 0.6 is 11.8 Å². The Balaban J connectivity index is 1.25. The van der Waals surface area contributed by atoms with E-state index >= 15 is 0 Å². The van der Waals surface area contributed by atoms with Crippen LogP contribution in [0.5, 0.6) is 0 Å². The molecule has 0 bridgehead atoms. The molecule has 2 amide bonds. The first-order valence-corrected chi connectivity index (χ1v) is 11.9. The van der Waals surface area contributed by atoms with E-state index in [0.717, 1.165) is 34.6 Å². The lowest BCUT2D eigenvalue weighted by atomic mass is 10.1. The van der Waals surface area contributed by atoms with Gasteiger partial charge >= 0.3 is 0 Å². The first-order valence-electron chi connectivity index (χ1n) is 10.8. The van der Waals surface area contributed by atoms with Gasteiger partial charge in [0.05, 0.1) is 12.1 Å². The van der Waals surface area contributed by atoms with E-state index in [1.165, 1.54) is 5.56 Å². The third kappa shape index (κ3) is 4.78. The summed E-state index contributed by atoms with van der Waals surface area (Å²) in [6, 6.07) is 17.5. The van der Waals surface area contributed by atoms with E-state index in [2.05, 4.69) is 20.9 Å². The van der Waals surface area contributed by atoms with Crippen LogP contribution in [0.1, 0.15) is 22.5 Å². The fourth-order valence-electron chi connectivity index (χ4n) is 3.90. The Kier molecular flexibility index (Phi) is 6.12. The van der Waals surface area contributed by atoms with Crippen molar-refractivity contribution in [3.8, 4) is 0 Å². The SMILES string of the molecule is O=C(Cn1nc2c(c1NC(=O)Cc1noc3ccccc13)CSC2)NCCc1ccccc1. The second-order valence-corrected chi connectivity index (χ2v) is 8.85. The highest BCUT2D eigenvalue weighted by atomic mass is 32.2. The number of anilines is 1. The van der Waals surface area contributed by atoms with Crippen LogP contribution in [-0.4, -0.2) is 33.3 Å². The van der Waals surface area contributed by atoms with Gasteiger partial charge < -0.3 is 15.2 Å². The minimum Gasteiger partial charge on any atom is -0.356 e. The van der Waals surface area contributed by atoms with Gasteiger partial charge in [-0.05, 0) is 24.1 Å². The summed E-state index contributed by atoms with van der Waals surface area (Å²) < 4.78 is 6.90. The summed E-state index contributed by atoms with van der Waals surface area (Å²) in [6.07, 6.45) is 0.835. The van der Waals surface area contributed by atoms with Crippen LogP contribution in [0, 0.1) is 0 Å². The fourth-order valence-corrected chi connectivity index (χ4v) is 4.93. The van der Waals surface area contributed by atoms with E-state index in [0.29, 0.717) is 23.6 Å². The quantitative estimate of drug-likeness (QED) is 0.417. The summed E-state index contributed by atoms with van der Waals surface area (Å²) in [5, 5.41) is 15.4. The van der Waals surface area contributed by atoms with Crippen molar-refractivity contribution in [3.05, 3.63) is 77.1 Å². The number of hydrogen-bond acceptors (Lipinski definition) is 6. The molecule has 168 valence electrons. The number of thioether (sulfide) groups is 1. The molecule has 0 saturated carbocycles. The van der Waals surface area contributed by atoms with Crippen LogP contribution in [0.2, 0.25) is 0 Å². The van der Waals surface area contributed by atoms with Crippen LogP contribution in [0.4, 0.5) is 5.82 Å². The molecular formula is C24H23N5O3S. The lowest BCUT2D eigenvalue weighted by Crippen LogP contribution is -2.30. The monoisotopic (exact) mass is 461 g/mol. The largest absolute Gasteiger partial charge is 0.356 e. The minimum atomic E-state index is -0.223. The van der Waals surface area contributed by atoms with Gasteiger partial charge in [-0.1, -0.05) is 47.6 Å². The van der Waals surface area contributed by atoms with Gasteiger partial charge in [-0.25, -0.2) is 4.68 Å². The molecule has 4 aromatic rings. The van der Waals surface area contributed by atoms with Crippen LogP contribution in [0.3, 0.4) is 0 Å². The van der Waals surface area contributed by atoms with Crippen LogP contribution in [-0.2, 0) is 40.5 Å². The van der Waals surface area contributed by atoms with Crippen LogP contribution in [0.25, 0.3) is 11.0 Å². The van der Waals surface area contributed by atoms with E-state index < -0.39 is 0 Å². The molecular weight excluding hydrogens is 438 g/mol. The lowest BCUT2D eigenvalue weighted by Gasteiger charge is -2.11. The van der Waals surface area contributed by atoms with Crippen molar-refractivity contribution in [2.75, 3.05) is 11.9 Å². The molecule has 1 aliphatic heterocycles. The van der Waals surface area contributed by atoms with E-state index in [1.807, 2.05) is 54.6 Å². The molecule has 33 heavy (non-hydrogen) atoms. The van der Waals surface area contributed by atoms with Gasteiger partial charge in [0.2, 0.25) is 11.8 Å². The lowest BCUT2D eigenvalue weighted by molar-refractivity contribution is -0.122. The number of aromatic nitrogens is 3. The maximum absolute atomic E-state index is 12.8. The number of nitrogens with one attached hydrogen (secondary N) is 2. The Bertz CT molecular complexity index is 1300. The molecule has 1 aliphatic rings. The van der Waals surface area contributed by atoms with E-state index in [9.17, 15) is 9.59 Å². The highest BCUT2D eigenvalue weighted by molar-refractivity contribution is 7.98. The molecule has 2 N–H and O–H groups in total. The molecule has 0 unspecified atom stereocenters. The van der Waals surface area contributed by atoms with Gasteiger partial charge in [0.15, 0.2) is 5.58 Å². The Hall–Kier alpha value is -3.59. The predicted molar refractivity (Wildman–Crippen MR) is 127 cm³/mol. The Morgan fingerprint density at radius 3 is 2.73 bits per heavy atom. The number of benzene rings is 2. The number of nitrogens with zero attached hydrogens (tertiary/aromatic N) is 3. The molecule has 8 nitrogen and oxygen atoms in total. The smallest absolute Gasteiger partial charge is 0.241 e. The predicted octanol–water partition coefficient (Wildman–Crippen LogP) is 3.31. The molecule has 0 atom stereocenters. The van der Waals surface area contributed by atoms with Crippen molar-refractivity contribution in [1.82, 2.24) is 20.3 Å². The Labute approximate surface area is 194 Å². The summed E-state index contributed by atoms with van der Waals surface area (Å²) in [6.45, 7) is 0.593. The normalized spacial score (nSPS) is 12.6. The molecule has 0 saturated heterocycles. The minimum absolute atomic E-state index is 0.0506. The van der Waals surface area contributed by atoms with Crippen molar-refractivity contribution in [2.45, 2.75) is 30.9 Å². The second-order valence-electron chi connectivity index (χ2n) is 7.86. The summed E-state index contributed by atoms with van der Waals surface area (Å²) >= 11 is 1.74. The van der Waals surface area contributed by atoms with Crippen molar-refractivity contribution >= 4 is 40.4 Å². The van der Waals surface area contributed by atoms with E-state index in [4.69, 9.17) is 4.52 Å². The topological polar surface area (TPSA) is 102 Å². The standard InChI is InChI=1S/C24H23N5O3S/c30-22(12-19-17-8-4-5-9-21(17)32-28-19)26-24-18-14-33-15-20(18)27-29(24)13-23(31)25-11-10-16-6-2-1-3-7-16/h1-9H,10-15H2,(H,25,31)(H,26,30). The number of amides is 2. The van der Waals surface area contributed by atoms with Gasteiger partial charge in [0.1, 0.15) is 18.1 Å². The zero-order valence-corrected chi connectivity index (χ0v) is 18.7. The summed E-state index contributed by atoms with van der Waals surface area (Å²) in [4.78, 5) is 25.4. The molecule has 0 spiro atoms. The van der Waals surface area contributed by atoms with Gasteiger partial charge in [-0.2, -0.15) is 16.9 Å². The van der Waals surface area contributed by atoms with Crippen molar-refractivity contribution in [1.29, 1.82) is 0 Å². The first kappa shape index (κ1) is 21.3. The summed E-state index contributed by atoms with van der Waals surface area (Å²) in [5.74, 6) is 1.76. The molecule has 0 fully saturated rings. The van der Waals surface area contributed by atoms with Crippen molar-refractivity contribution < 1.29 is 14.1 Å². The van der Waals surface area contributed by atoms with Crippen molar-refractivity contribution in [3.63, 3.8) is 0 Å². The van der Waals surface area contributed by atoms with Crippen LogP contribution in [0.15, 0.2) is 59.1 Å². The average molecular weight is 462 g/mol. The maximum Gasteiger partial charge on any atom is 0.241 e. The third-order valence-electron chi connectivity index (χ3n) is 5.53. The van der Waals surface area contributed by atoms with Gasteiger partial charge in [-0.3, -0.25) is 9.59 Å². The number of carbonyl (C=O) groups is 2. The molecule has 0 radical (unpaired) electrons. The molecule has 9 heteroatoms. The molecule has 2 aromatic carbocycles. The number of carbonyl (C=O) groups excluding carboxylic acids is 2. The van der Waals surface area contributed by atoms with E-state index in [-0.39, 0.29) is 24.8 Å². The molecule has 5 rings (SSSR count). The maximum atomic E-state index is 12.8. The van der Waals surface area contributed by atoms with E-state index in [1.54, 1.807) is 16.4 Å². The zero-order chi connectivity index (χ0) is 22.6. The molecule has 2 aromatic heterocycles. The highest BCUT2D eigenvalue weighted by Gasteiger charge is 2.25. The highest BCUT2D eigenvalue weighted by Crippen LogP contribution is 2.34. The fraction of sp³-hybridized carbons (Fsp3) is 0.250. The first-order chi connectivity index (χ1) is 16.2. The number of rotatable bonds is 8. The number of para-hydroxylation sites is 1. The molecule has 3 heterocycles. The second kappa shape index (κ2) is 9.50. The third-order valence-corrected chi connectivity index (χ3v) is 6.50. The van der Waals surface area contributed by atoms with Crippen molar-refractivity contribution in [2.24, 2.45) is 0 Å². The summed E-state index contributed by atoms with van der Waals surface area (Å²) in [7, 11) is 0. The van der Waals surface area contributed by atoms with Crippen LogP contribution < -0.4 is 10.6 Å². The van der Waals surface area contributed by atoms with Gasteiger partial charge in [0, 0.05) is 29.0 Å².